The minimum absolute atomic E-state index is 0.0111. The normalized spacial score (nSPS) is 24.2. The molecule has 0 spiro atoms. The van der Waals surface area contributed by atoms with E-state index in [1.807, 2.05) is 52.2 Å². The Balaban J connectivity index is 1.79. The number of fused-ring (bicyclic) bond motifs is 1. The third-order valence-corrected chi connectivity index (χ3v) is 7.10. The average molecular weight is 434 g/mol. The molecule has 6 nitrogen and oxygen atoms in total. The van der Waals surface area contributed by atoms with Gasteiger partial charge in [0.2, 0.25) is 0 Å². The second-order valence-electron chi connectivity index (χ2n) is 9.66. The molecular formula is C25H28FN5O. The van der Waals surface area contributed by atoms with Crippen LogP contribution in [0.2, 0.25) is 0 Å². The van der Waals surface area contributed by atoms with Crippen LogP contribution >= 0.6 is 0 Å². The number of halogens is 1. The van der Waals surface area contributed by atoms with Gasteiger partial charge in [0.15, 0.2) is 5.78 Å². The number of nitrogens with one attached hydrogen (secondary N) is 2. The van der Waals surface area contributed by atoms with Crippen molar-refractivity contribution in [2.24, 2.45) is 12.5 Å². The van der Waals surface area contributed by atoms with Crippen molar-refractivity contribution < 1.29 is 9.18 Å². The van der Waals surface area contributed by atoms with Gasteiger partial charge in [-0.15, -0.1) is 0 Å². The van der Waals surface area contributed by atoms with Gasteiger partial charge in [0.05, 0.1) is 23.0 Å². The van der Waals surface area contributed by atoms with Gasteiger partial charge < -0.3 is 5.32 Å². The maximum Gasteiger partial charge on any atom is 0.162 e. The summed E-state index contributed by atoms with van der Waals surface area (Å²) >= 11 is 0. The van der Waals surface area contributed by atoms with Crippen molar-refractivity contribution in [1.82, 2.24) is 20.0 Å². The zero-order valence-corrected chi connectivity index (χ0v) is 19.1. The highest BCUT2D eigenvalue weighted by atomic mass is 19.1. The molecular weight excluding hydrogens is 405 g/mol. The van der Waals surface area contributed by atoms with E-state index in [1.165, 1.54) is 0 Å². The summed E-state index contributed by atoms with van der Waals surface area (Å²) in [6.07, 6.45) is 3.26. The van der Waals surface area contributed by atoms with Crippen molar-refractivity contribution in [3.63, 3.8) is 0 Å². The highest BCUT2D eigenvalue weighted by molar-refractivity contribution is 6.03. The van der Waals surface area contributed by atoms with Gasteiger partial charge in [0, 0.05) is 41.8 Å². The summed E-state index contributed by atoms with van der Waals surface area (Å²) in [5.74, 6) is 0.643. The number of rotatable bonds is 3. The number of carbonyl (C=O) groups is 1. The van der Waals surface area contributed by atoms with Crippen LogP contribution < -0.4 is 5.32 Å². The van der Waals surface area contributed by atoms with E-state index in [9.17, 15) is 4.79 Å². The van der Waals surface area contributed by atoms with Gasteiger partial charge in [0.25, 0.3) is 0 Å². The SMILES string of the molecule is CCC1(c2cccc(-c3cn(C)nc3C)c2)C2=C(Nc3[nH]ncc31)C(F)C(C)(C)CC2=O. The van der Waals surface area contributed by atoms with E-state index >= 15 is 4.39 Å². The lowest BCUT2D eigenvalue weighted by atomic mass is 9.59. The first kappa shape index (κ1) is 20.7. The van der Waals surface area contributed by atoms with Crippen LogP contribution in [0.4, 0.5) is 10.2 Å². The van der Waals surface area contributed by atoms with E-state index in [4.69, 9.17) is 0 Å². The van der Waals surface area contributed by atoms with Gasteiger partial charge in [-0.2, -0.15) is 10.2 Å². The van der Waals surface area contributed by atoms with Gasteiger partial charge in [-0.25, -0.2) is 4.39 Å². The van der Waals surface area contributed by atoms with Gasteiger partial charge in [-0.1, -0.05) is 39.0 Å². The van der Waals surface area contributed by atoms with Crippen LogP contribution in [0.3, 0.4) is 0 Å². The highest BCUT2D eigenvalue weighted by Crippen LogP contribution is 2.54. The number of aromatic amines is 1. The molecule has 0 bridgehead atoms. The van der Waals surface area contributed by atoms with E-state index in [2.05, 4.69) is 33.6 Å². The van der Waals surface area contributed by atoms with Gasteiger partial charge in [-0.05, 0) is 30.5 Å². The second kappa shape index (κ2) is 6.89. The number of hydrogen-bond donors (Lipinski definition) is 2. The van der Waals surface area contributed by atoms with Gasteiger partial charge in [-0.3, -0.25) is 14.6 Å². The molecule has 0 amide bonds. The smallest absolute Gasteiger partial charge is 0.162 e. The summed E-state index contributed by atoms with van der Waals surface area (Å²) in [5.41, 5.74) is 4.17. The first-order valence-electron chi connectivity index (χ1n) is 11.0. The number of anilines is 1. The summed E-state index contributed by atoms with van der Waals surface area (Å²) in [5, 5.41) is 14.9. The second-order valence-corrected chi connectivity index (χ2v) is 9.66. The molecule has 2 aliphatic rings. The topological polar surface area (TPSA) is 75.6 Å². The minimum atomic E-state index is -1.28. The molecule has 3 aromatic rings. The molecule has 166 valence electrons. The van der Waals surface area contributed by atoms with Crippen LogP contribution in [0.5, 0.6) is 0 Å². The zero-order valence-electron chi connectivity index (χ0n) is 19.1. The quantitative estimate of drug-likeness (QED) is 0.620. The van der Waals surface area contributed by atoms with E-state index in [0.717, 1.165) is 27.9 Å². The van der Waals surface area contributed by atoms with E-state index in [1.54, 1.807) is 10.9 Å². The summed E-state index contributed by atoms with van der Waals surface area (Å²) in [7, 11) is 1.90. The third kappa shape index (κ3) is 2.73. The molecule has 5 rings (SSSR count). The Hall–Kier alpha value is -3.22. The lowest BCUT2D eigenvalue weighted by Gasteiger charge is -2.46. The van der Waals surface area contributed by atoms with E-state index in [-0.39, 0.29) is 12.2 Å². The fraction of sp³-hybridized carbons (Fsp3) is 0.400. The van der Waals surface area contributed by atoms with E-state index < -0.39 is 17.0 Å². The molecule has 3 heterocycles. The molecule has 0 radical (unpaired) electrons. The molecule has 2 atom stereocenters. The molecule has 7 heteroatoms. The van der Waals surface area contributed by atoms with Crippen molar-refractivity contribution in [1.29, 1.82) is 0 Å². The number of ketones is 1. The zero-order chi connectivity index (χ0) is 22.8. The molecule has 2 aromatic heterocycles. The Morgan fingerprint density at radius 2 is 2.09 bits per heavy atom. The van der Waals surface area contributed by atoms with Crippen molar-refractivity contribution in [3.8, 4) is 11.1 Å². The monoisotopic (exact) mass is 433 g/mol. The fourth-order valence-corrected chi connectivity index (χ4v) is 5.53. The van der Waals surface area contributed by atoms with Gasteiger partial charge in [0.1, 0.15) is 12.0 Å². The Kier molecular flexibility index (Phi) is 4.45. The highest BCUT2D eigenvalue weighted by Gasteiger charge is 2.53. The Morgan fingerprint density at radius 3 is 2.78 bits per heavy atom. The maximum absolute atomic E-state index is 15.7. The first-order chi connectivity index (χ1) is 15.2. The van der Waals surface area contributed by atoms with Crippen LogP contribution in [0, 0.1) is 12.3 Å². The van der Waals surface area contributed by atoms with Crippen molar-refractivity contribution in [3.05, 3.63) is 64.8 Å². The number of nitrogens with zero attached hydrogens (tertiary/aromatic N) is 3. The summed E-state index contributed by atoms with van der Waals surface area (Å²) in [4.78, 5) is 13.6. The summed E-state index contributed by atoms with van der Waals surface area (Å²) in [6.45, 7) is 7.65. The Labute approximate surface area is 186 Å². The average Bonchev–Trinajstić information content (AvgIpc) is 3.36. The van der Waals surface area contributed by atoms with Crippen LogP contribution in [0.1, 0.15) is 50.4 Å². The number of allylic oxidation sites excluding steroid dienone is 2. The molecule has 1 aliphatic carbocycles. The molecule has 0 fully saturated rings. The van der Waals surface area contributed by atoms with Crippen LogP contribution in [0.25, 0.3) is 11.1 Å². The van der Waals surface area contributed by atoms with Crippen LogP contribution in [-0.2, 0) is 17.3 Å². The molecule has 0 saturated heterocycles. The van der Waals surface area contributed by atoms with Crippen LogP contribution in [-0.4, -0.2) is 31.9 Å². The number of hydrogen-bond acceptors (Lipinski definition) is 4. The number of Topliss-reactive ketones (excluding diaryl/α,β-unsaturated/α-hetero) is 1. The maximum atomic E-state index is 15.7. The number of aryl methyl sites for hydroxylation is 2. The number of H-pyrrole nitrogens is 1. The van der Waals surface area contributed by atoms with Crippen molar-refractivity contribution in [2.45, 2.75) is 52.1 Å². The summed E-state index contributed by atoms with van der Waals surface area (Å²) in [6, 6.07) is 8.19. The minimum Gasteiger partial charge on any atom is -0.341 e. The number of alkyl halides is 1. The van der Waals surface area contributed by atoms with Crippen LogP contribution in [0.15, 0.2) is 47.9 Å². The predicted octanol–water partition coefficient (Wildman–Crippen LogP) is 4.83. The standard InChI is InChI=1S/C25H28FN5O/c1-6-25(16-9-7-8-15(10-16)17-13-31(5)30-14(17)2)18-12-27-29-23(18)28-21-20(25)19(32)11-24(3,4)22(21)26/h7-10,12-13,22H,6,11H2,1-5H3,(H2,27,28,29). The molecule has 32 heavy (non-hydrogen) atoms. The van der Waals surface area contributed by atoms with Crippen molar-refractivity contribution in [2.75, 3.05) is 5.32 Å². The Morgan fingerprint density at radius 1 is 1.31 bits per heavy atom. The summed E-state index contributed by atoms with van der Waals surface area (Å²) < 4.78 is 17.5. The molecule has 2 N–H and O–H groups in total. The molecule has 1 aromatic carbocycles. The molecule has 2 unspecified atom stereocenters. The number of aromatic nitrogens is 4. The Bertz CT molecular complexity index is 1270. The largest absolute Gasteiger partial charge is 0.341 e. The third-order valence-electron chi connectivity index (χ3n) is 7.10. The first-order valence-corrected chi connectivity index (χ1v) is 11.0. The van der Waals surface area contributed by atoms with Gasteiger partial charge >= 0.3 is 0 Å². The predicted molar refractivity (Wildman–Crippen MR) is 122 cm³/mol. The fourth-order valence-electron chi connectivity index (χ4n) is 5.53. The van der Waals surface area contributed by atoms with E-state index in [0.29, 0.717) is 23.5 Å². The molecule has 0 saturated carbocycles. The lowest BCUT2D eigenvalue weighted by Crippen LogP contribution is -2.48. The lowest BCUT2D eigenvalue weighted by molar-refractivity contribution is -0.120. The number of carbonyl (C=O) groups excluding carboxylic acids is 1. The molecule has 1 aliphatic heterocycles. The van der Waals surface area contributed by atoms with Crippen molar-refractivity contribution >= 4 is 11.6 Å². The number of benzene rings is 1.